The van der Waals surface area contributed by atoms with E-state index in [2.05, 4.69) is 47.7 Å². The van der Waals surface area contributed by atoms with Crippen LogP contribution < -0.4 is 9.64 Å². The van der Waals surface area contributed by atoms with E-state index in [1.165, 1.54) is 16.6 Å². The quantitative estimate of drug-likeness (QED) is 0.652. The molecule has 3 heteroatoms. The smallest absolute Gasteiger partial charge is 0.220 e. The van der Waals surface area contributed by atoms with Gasteiger partial charge in [0.05, 0.1) is 5.52 Å². The number of fused-ring (bicyclic) bond motifs is 3. The maximum Gasteiger partial charge on any atom is 0.220 e. The summed E-state index contributed by atoms with van der Waals surface area (Å²) in [5.41, 5.74) is 2.43. The molecule has 2 aromatic rings. The van der Waals surface area contributed by atoms with Gasteiger partial charge in [-0.3, -0.25) is 0 Å². The highest BCUT2D eigenvalue weighted by Gasteiger charge is 2.30. The van der Waals surface area contributed by atoms with Crippen LogP contribution in [0.2, 0.25) is 0 Å². The Balaban J connectivity index is 2.39. The first-order chi connectivity index (χ1) is 7.20. The van der Waals surface area contributed by atoms with E-state index in [9.17, 15) is 0 Å². The fourth-order valence-corrected chi connectivity index (χ4v) is 2.25. The summed E-state index contributed by atoms with van der Waals surface area (Å²) in [4.78, 5) is 2.18. The van der Waals surface area contributed by atoms with Crippen LogP contribution in [0.3, 0.4) is 0 Å². The van der Waals surface area contributed by atoms with Gasteiger partial charge in [-0.05, 0) is 13.0 Å². The Morgan fingerprint density at radius 3 is 2.73 bits per heavy atom. The Labute approximate surface area is 88.9 Å². The lowest BCUT2D eigenvalue weighted by Crippen LogP contribution is -2.27. The van der Waals surface area contributed by atoms with Crippen molar-refractivity contribution in [3.05, 3.63) is 24.3 Å². The summed E-state index contributed by atoms with van der Waals surface area (Å²) in [6.45, 7) is 2.06. The summed E-state index contributed by atoms with van der Waals surface area (Å²) >= 11 is 0. The van der Waals surface area contributed by atoms with Gasteiger partial charge in [0, 0.05) is 19.5 Å². The lowest BCUT2D eigenvalue weighted by molar-refractivity contribution is 0.236. The van der Waals surface area contributed by atoms with Crippen molar-refractivity contribution in [1.29, 1.82) is 0 Å². The average molecular weight is 202 g/mol. The van der Waals surface area contributed by atoms with E-state index in [1.807, 2.05) is 7.05 Å². The van der Waals surface area contributed by atoms with Crippen molar-refractivity contribution in [3.63, 3.8) is 0 Å². The second kappa shape index (κ2) is 2.69. The van der Waals surface area contributed by atoms with Gasteiger partial charge in [0.15, 0.2) is 6.23 Å². The van der Waals surface area contributed by atoms with Gasteiger partial charge in [-0.15, -0.1) is 0 Å². The molecule has 3 rings (SSSR count). The predicted molar refractivity (Wildman–Crippen MR) is 61.4 cm³/mol. The normalized spacial score (nSPS) is 19.4. The van der Waals surface area contributed by atoms with Crippen molar-refractivity contribution in [2.75, 3.05) is 11.9 Å². The molecule has 0 fully saturated rings. The first-order valence-electron chi connectivity index (χ1n) is 5.17. The van der Waals surface area contributed by atoms with Gasteiger partial charge >= 0.3 is 0 Å². The van der Waals surface area contributed by atoms with Crippen molar-refractivity contribution in [2.45, 2.75) is 13.2 Å². The molecule has 0 saturated carbocycles. The zero-order chi connectivity index (χ0) is 10.6. The molecule has 3 nitrogen and oxygen atoms in total. The van der Waals surface area contributed by atoms with Crippen LogP contribution in [0.15, 0.2) is 24.3 Å². The summed E-state index contributed by atoms with van der Waals surface area (Å²) < 4.78 is 7.94. The molecule has 1 unspecified atom stereocenters. The van der Waals surface area contributed by atoms with Gasteiger partial charge in [-0.2, -0.15) is 0 Å². The van der Waals surface area contributed by atoms with E-state index in [1.54, 1.807) is 0 Å². The maximum atomic E-state index is 5.82. The number of anilines is 1. The second-order valence-electron chi connectivity index (χ2n) is 4.06. The predicted octanol–water partition coefficient (Wildman–Crippen LogP) is 2.35. The molecule has 78 valence electrons. The van der Waals surface area contributed by atoms with Crippen LogP contribution in [0.1, 0.15) is 6.92 Å². The molecule has 0 aliphatic carbocycles. The lowest BCUT2D eigenvalue weighted by atomic mass is 10.2. The summed E-state index contributed by atoms with van der Waals surface area (Å²) in [5.74, 6) is 0.978. The van der Waals surface area contributed by atoms with Gasteiger partial charge in [-0.25, -0.2) is 0 Å². The lowest BCUT2D eigenvalue weighted by Gasteiger charge is -2.16. The highest BCUT2D eigenvalue weighted by Crippen LogP contribution is 2.43. The zero-order valence-corrected chi connectivity index (χ0v) is 9.19. The molecular formula is C12H14N2O. The molecule has 0 amide bonds. The average Bonchev–Trinajstić information content (AvgIpc) is 2.68. The number of hydrogen-bond donors (Lipinski definition) is 0. The molecule has 1 aromatic carbocycles. The third-order valence-electron chi connectivity index (χ3n) is 3.21. The van der Waals surface area contributed by atoms with Crippen LogP contribution >= 0.6 is 0 Å². The van der Waals surface area contributed by atoms with Crippen LogP contribution in [-0.4, -0.2) is 17.8 Å². The van der Waals surface area contributed by atoms with Crippen LogP contribution in [0.5, 0.6) is 5.88 Å². The minimum atomic E-state index is 0.130. The fourth-order valence-electron chi connectivity index (χ4n) is 2.25. The van der Waals surface area contributed by atoms with E-state index >= 15 is 0 Å². The molecule has 0 N–H and O–H groups in total. The van der Waals surface area contributed by atoms with Crippen molar-refractivity contribution in [3.8, 4) is 5.88 Å². The number of hydrogen-bond acceptors (Lipinski definition) is 2. The zero-order valence-electron chi connectivity index (χ0n) is 9.19. The maximum absolute atomic E-state index is 5.82. The van der Waals surface area contributed by atoms with E-state index in [4.69, 9.17) is 4.74 Å². The van der Waals surface area contributed by atoms with E-state index in [-0.39, 0.29) is 6.23 Å². The van der Waals surface area contributed by atoms with Crippen molar-refractivity contribution < 1.29 is 4.74 Å². The first-order valence-corrected chi connectivity index (χ1v) is 5.17. The van der Waals surface area contributed by atoms with Crippen LogP contribution in [0.4, 0.5) is 5.69 Å². The first kappa shape index (κ1) is 8.65. The Morgan fingerprint density at radius 1 is 1.20 bits per heavy atom. The molecule has 1 aliphatic heterocycles. The van der Waals surface area contributed by atoms with E-state index in [0.717, 1.165) is 5.88 Å². The molecule has 0 bridgehead atoms. The Kier molecular flexibility index (Phi) is 1.55. The SMILES string of the molecule is CC1Oc2c(c3ccccc3n2C)N1C. The van der Waals surface area contributed by atoms with Gasteiger partial charge < -0.3 is 14.2 Å². The molecule has 1 atom stereocenters. The van der Waals surface area contributed by atoms with Gasteiger partial charge in [-0.1, -0.05) is 18.2 Å². The highest BCUT2D eigenvalue weighted by molar-refractivity contribution is 5.98. The molecule has 15 heavy (non-hydrogen) atoms. The van der Waals surface area contributed by atoms with E-state index < -0.39 is 0 Å². The third kappa shape index (κ3) is 0.950. The fraction of sp³-hybridized carbons (Fsp3) is 0.333. The second-order valence-corrected chi connectivity index (χ2v) is 4.06. The van der Waals surface area contributed by atoms with Crippen molar-refractivity contribution in [2.24, 2.45) is 7.05 Å². The molecule has 0 radical (unpaired) electrons. The van der Waals surface area contributed by atoms with Crippen molar-refractivity contribution in [1.82, 2.24) is 4.57 Å². The number of ether oxygens (including phenoxy) is 1. The summed E-state index contributed by atoms with van der Waals surface area (Å²) in [6, 6.07) is 8.39. The molecule has 1 aromatic heterocycles. The molecule has 0 spiro atoms. The molecular weight excluding hydrogens is 188 g/mol. The number of para-hydroxylation sites is 1. The van der Waals surface area contributed by atoms with Gasteiger partial charge in [0.2, 0.25) is 5.88 Å². The number of nitrogens with zero attached hydrogens (tertiary/aromatic N) is 2. The Hall–Kier alpha value is -1.64. The number of aromatic nitrogens is 1. The summed E-state index contributed by atoms with van der Waals surface area (Å²) in [6.07, 6.45) is 0.130. The number of benzene rings is 1. The summed E-state index contributed by atoms with van der Waals surface area (Å²) in [5, 5.41) is 1.27. The van der Waals surface area contributed by atoms with Crippen molar-refractivity contribution >= 4 is 16.6 Å². The third-order valence-corrected chi connectivity index (χ3v) is 3.21. The molecule has 2 heterocycles. The highest BCUT2D eigenvalue weighted by atomic mass is 16.5. The topological polar surface area (TPSA) is 17.4 Å². The Morgan fingerprint density at radius 2 is 1.93 bits per heavy atom. The monoisotopic (exact) mass is 202 g/mol. The van der Waals surface area contributed by atoms with Gasteiger partial charge in [0.25, 0.3) is 0 Å². The summed E-state index contributed by atoms with van der Waals surface area (Å²) in [7, 11) is 4.12. The van der Waals surface area contributed by atoms with Gasteiger partial charge in [0.1, 0.15) is 5.69 Å². The van der Waals surface area contributed by atoms with E-state index in [0.29, 0.717) is 0 Å². The minimum absolute atomic E-state index is 0.130. The van der Waals surface area contributed by atoms with Crippen LogP contribution in [0, 0.1) is 0 Å². The number of aryl methyl sites for hydroxylation is 1. The largest absolute Gasteiger partial charge is 0.454 e. The molecule has 0 saturated heterocycles. The van der Waals surface area contributed by atoms with Crippen LogP contribution in [-0.2, 0) is 7.05 Å². The van der Waals surface area contributed by atoms with Crippen LogP contribution in [0.25, 0.3) is 10.9 Å². The number of rotatable bonds is 0. The molecule has 1 aliphatic rings. The Bertz CT molecular complexity index is 530. The standard InChI is InChI=1S/C12H14N2O/c1-8-13(2)11-9-6-4-5-7-10(9)14(3)12(11)15-8/h4-8H,1-3H3. The minimum Gasteiger partial charge on any atom is -0.454 e.